The molecule has 0 aliphatic carbocycles. The molecule has 2 N–H and O–H groups in total. The van der Waals surface area contributed by atoms with Crippen LogP contribution in [0.15, 0.2) is 42.5 Å². The number of hydrogen-bond donors (Lipinski definition) is 1. The van der Waals surface area contributed by atoms with Crippen LogP contribution in [0, 0.1) is 12.7 Å². The molecular formula is C17H20FNO. The van der Waals surface area contributed by atoms with Crippen LogP contribution in [-0.2, 0) is 6.61 Å². The molecule has 0 saturated heterocycles. The van der Waals surface area contributed by atoms with Crippen molar-refractivity contribution in [2.75, 3.05) is 0 Å². The fourth-order valence-corrected chi connectivity index (χ4v) is 2.03. The Morgan fingerprint density at radius 2 is 1.85 bits per heavy atom. The highest BCUT2D eigenvalue weighted by Crippen LogP contribution is 2.20. The van der Waals surface area contributed by atoms with Gasteiger partial charge in [0.2, 0.25) is 0 Å². The van der Waals surface area contributed by atoms with E-state index < -0.39 is 0 Å². The van der Waals surface area contributed by atoms with Crippen molar-refractivity contribution in [1.29, 1.82) is 0 Å². The second-order valence-corrected chi connectivity index (χ2v) is 4.94. The number of halogens is 1. The molecule has 1 atom stereocenters. The lowest BCUT2D eigenvalue weighted by Gasteiger charge is -2.12. The van der Waals surface area contributed by atoms with E-state index in [1.807, 2.05) is 31.2 Å². The molecule has 20 heavy (non-hydrogen) atoms. The van der Waals surface area contributed by atoms with Gasteiger partial charge in [0.1, 0.15) is 18.2 Å². The second kappa shape index (κ2) is 6.53. The molecule has 0 saturated carbocycles. The predicted octanol–water partition coefficient (Wildman–Crippen LogP) is 4.12. The van der Waals surface area contributed by atoms with Gasteiger partial charge in [-0.2, -0.15) is 0 Å². The summed E-state index contributed by atoms with van der Waals surface area (Å²) < 4.78 is 18.7. The highest BCUT2D eigenvalue weighted by atomic mass is 19.1. The average Bonchev–Trinajstić information content (AvgIpc) is 2.46. The topological polar surface area (TPSA) is 35.2 Å². The number of rotatable bonds is 5. The molecular weight excluding hydrogens is 253 g/mol. The number of hydrogen-bond acceptors (Lipinski definition) is 2. The van der Waals surface area contributed by atoms with E-state index in [9.17, 15) is 4.39 Å². The highest BCUT2D eigenvalue weighted by Gasteiger charge is 2.04. The van der Waals surface area contributed by atoms with Crippen molar-refractivity contribution in [3.63, 3.8) is 0 Å². The SMILES string of the molecule is CC[C@H](N)c1ccc(OCc2ccc(F)cc2C)cc1. The standard InChI is InChI=1S/C17H20FNO/c1-3-17(19)13-5-8-16(9-6-13)20-11-14-4-7-15(18)10-12(14)2/h4-10,17H,3,11,19H2,1-2H3/t17-/m0/s1. The quantitative estimate of drug-likeness (QED) is 0.889. The molecule has 0 fully saturated rings. The summed E-state index contributed by atoms with van der Waals surface area (Å²) in [5.41, 5.74) is 8.96. The third-order valence-corrected chi connectivity index (χ3v) is 3.45. The largest absolute Gasteiger partial charge is 0.489 e. The van der Waals surface area contributed by atoms with Crippen molar-refractivity contribution < 1.29 is 9.13 Å². The van der Waals surface area contributed by atoms with E-state index in [4.69, 9.17) is 10.5 Å². The van der Waals surface area contributed by atoms with E-state index in [-0.39, 0.29) is 11.9 Å². The summed E-state index contributed by atoms with van der Waals surface area (Å²) >= 11 is 0. The molecule has 2 nitrogen and oxygen atoms in total. The van der Waals surface area contributed by atoms with Crippen molar-refractivity contribution in [3.05, 3.63) is 65.0 Å². The Morgan fingerprint density at radius 3 is 2.45 bits per heavy atom. The molecule has 0 amide bonds. The zero-order valence-corrected chi connectivity index (χ0v) is 11.9. The van der Waals surface area contributed by atoms with Crippen molar-refractivity contribution in [3.8, 4) is 5.75 Å². The third kappa shape index (κ3) is 3.58. The maximum absolute atomic E-state index is 13.0. The van der Waals surface area contributed by atoms with Gasteiger partial charge in [-0.15, -0.1) is 0 Å². The molecule has 0 heterocycles. The van der Waals surface area contributed by atoms with Crippen molar-refractivity contribution in [1.82, 2.24) is 0 Å². The van der Waals surface area contributed by atoms with E-state index in [1.165, 1.54) is 12.1 Å². The van der Waals surface area contributed by atoms with Crippen molar-refractivity contribution >= 4 is 0 Å². The van der Waals surface area contributed by atoms with Crippen molar-refractivity contribution in [2.45, 2.75) is 32.9 Å². The Labute approximate surface area is 119 Å². The van der Waals surface area contributed by atoms with E-state index in [0.717, 1.165) is 28.9 Å². The molecule has 3 heteroatoms. The van der Waals surface area contributed by atoms with Gasteiger partial charge in [0.05, 0.1) is 0 Å². The Morgan fingerprint density at radius 1 is 1.15 bits per heavy atom. The summed E-state index contributed by atoms with van der Waals surface area (Å²) in [5, 5.41) is 0. The molecule has 0 aromatic heterocycles. The normalized spacial score (nSPS) is 12.2. The van der Waals surface area contributed by atoms with Crippen LogP contribution >= 0.6 is 0 Å². The summed E-state index contributed by atoms with van der Waals surface area (Å²) in [6, 6.07) is 12.6. The molecule has 106 valence electrons. The van der Waals surface area contributed by atoms with Gasteiger partial charge in [0.25, 0.3) is 0 Å². The number of aryl methyl sites for hydroxylation is 1. The summed E-state index contributed by atoms with van der Waals surface area (Å²) in [6.07, 6.45) is 0.912. The lowest BCUT2D eigenvalue weighted by Crippen LogP contribution is -2.08. The Bertz CT molecular complexity index is 566. The maximum atomic E-state index is 13.0. The van der Waals surface area contributed by atoms with Crippen LogP contribution in [0.2, 0.25) is 0 Å². The van der Waals surface area contributed by atoms with E-state index in [1.54, 1.807) is 6.07 Å². The minimum absolute atomic E-state index is 0.0726. The molecule has 2 rings (SSSR count). The monoisotopic (exact) mass is 273 g/mol. The Kier molecular flexibility index (Phi) is 4.74. The fourth-order valence-electron chi connectivity index (χ4n) is 2.03. The van der Waals surface area contributed by atoms with Gasteiger partial charge >= 0.3 is 0 Å². The van der Waals surface area contributed by atoms with Gasteiger partial charge in [-0.25, -0.2) is 4.39 Å². The minimum atomic E-state index is -0.218. The minimum Gasteiger partial charge on any atom is -0.489 e. The van der Waals surface area contributed by atoms with Crippen LogP contribution in [0.25, 0.3) is 0 Å². The van der Waals surface area contributed by atoms with Crippen LogP contribution < -0.4 is 10.5 Å². The molecule has 0 radical (unpaired) electrons. The van der Waals surface area contributed by atoms with Crippen LogP contribution in [0.3, 0.4) is 0 Å². The summed E-state index contributed by atoms with van der Waals surface area (Å²) in [7, 11) is 0. The fraction of sp³-hybridized carbons (Fsp3) is 0.294. The zero-order chi connectivity index (χ0) is 14.5. The first-order chi connectivity index (χ1) is 9.60. The molecule has 0 aliphatic rings. The van der Waals surface area contributed by atoms with Crippen LogP contribution in [0.5, 0.6) is 5.75 Å². The molecule has 0 spiro atoms. The van der Waals surface area contributed by atoms with Crippen LogP contribution in [0.4, 0.5) is 4.39 Å². The zero-order valence-electron chi connectivity index (χ0n) is 11.9. The first-order valence-corrected chi connectivity index (χ1v) is 6.83. The second-order valence-electron chi connectivity index (χ2n) is 4.94. The number of benzene rings is 2. The lowest BCUT2D eigenvalue weighted by atomic mass is 10.1. The molecule has 2 aromatic rings. The van der Waals surface area contributed by atoms with E-state index >= 15 is 0 Å². The summed E-state index contributed by atoms with van der Waals surface area (Å²) in [4.78, 5) is 0. The van der Waals surface area contributed by atoms with Gasteiger partial charge in [0.15, 0.2) is 0 Å². The van der Waals surface area contributed by atoms with Crippen molar-refractivity contribution in [2.24, 2.45) is 5.73 Å². The molecule has 0 bridgehead atoms. The van der Waals surface area contributed by atoms with Gasteiger partial charge in [0, 0.05) is 6.04 Å². The Hall–Kier alpha value is -1.87. The van der Waals surface area contributed by atoms with E-state index in [2.05, 4.69) is 6.92 Å². The lowest BCUT2D eigenvalue weighted by molar-refractivity contribution is 0.305. The third-order valence-electron chi connectivity index (χ3n) is 3.45. The van der Waals surface area contributed by atoms with Crippen LogP contribution in [0.1, 0.15) is 36.1 Å². The molecule has 2 aromatic carbocycles. The number of ether oxygens (including phenoxy) is 1. The first-order valence-electron chi connectivity index (χ1n) is 6.83. The average molecular weight is 273 g/mol. The maximum Gasteiger partial charge on any atom is 0.123 e. The van der Waals surface area contributed by atoms with Crippen LogP contribution in [-0.4, -0.2) is 0 Å². The van der Waals surface area contributed by atoms with Gasteiger partial charge in [-0.3, -0.25) is 0 Å². The molecule has 0 unspecified atom stereocenters. The van der Waals surface area contributed by atoms with Gasteiger partial charge < -0.3 is 10.5 Å². The molecule has 0 aliphatic heterocycles. The van der Waals surface area contributed by atoms with E-state index in [0.29, 0.717) is 6.61 Å². The van der Waals surface area contributed by atoms with Gasteiger partial charge in [-0.1, -0.05) is 25.1 Å². The predicted molar refractivity (Wildman–Crippen MR) is 79.1 cm³/mol. The summed E-state index contributed by atoms with van der Waals surface area (Å²) in [5.74, 6) is 0.574. The first kappa shape index (κ1) is 14.5. The summed E-state index contributed by atoms with van der Waals surface area (Å²) in [6.45, 7) is 4.38. The van der Waals surface area contributed by atoms with Gasteiger partial charge in [-0.05, 0) is 54.3 Å². The number of nitrogens with two attached hydrogens (primary N) is 1. The smallest absolute Gasteiger partial charge is 0.123 e. The highest BCUT2D eigenvalue weighted by molar-refractivity contribution is 5.30. The Balaban J connectivity index is 2.00.